The SMILES string of the molecule is CC(C)(C)NCc1ccc(CS(=O)c2cccc(F)c2)o1. The monoisotopic (exact) mass is 309 g/mol. The summed E-state index contributed by atoms with van der Waals surface area (Å²) in [5.41, 5.74) is 0.0112. The Balaban J connectivity index is 1.97. The summed E-state index contributed by atoms with van der Waals surface area (Å²) in [4.78, 5) is 0.473. The molecule has 1 atom stereocenters. The maximum atomic E-state index is 13.1. The van der Waals surface area contributed by atoms with E-state index in [2.05, 4.69) is 26.1 Å². The van der Waals surface area contributed by atoms with Crippen molar-refractivity contribution in [3.8, 4) is 0 Å². The zero-order chi connectivity index (χ0) is 15.5. The van der Waals surface area contributed by atoms with Gasteiger partial charge in [0.1, 0.15) is 17.3 Å². The van der Waals surface area contributed by atoms with E-state index in [9.17, 15) is 8.60 Å². The minimum absolute atomic E-state index is 0.0112. The number of furan rings is 1. The molecule has 114 valence electrons. The first-order chi connectivity index (χ1) is 9.83. The van der Waals surface area contributed by atoms with Crippen LogP contribution in [0.15, 0.2) is 45.7 Å². The third kappa shape index (κ3) is 5.10. The van der Waals surface area contributed by atoms with Crippen molar-refractivity contribution in [1.29, 1.82) is 0 Å². The lowest BCUT2D eigenvalue weighted by molar-refractivity contribution is 0.382. The summed E-state index contributed by atoms with van der Waals surface area (Å²) < 4.78 is 30.9. The smallest absolute Gasteiger partial charge is 0.124 e. The molecule has 1 unspecified atom stereocenters. The Labute approximate surface area is 127 Å². The standard InChI is InChI=1S/C16H20FNO2S/c1-16(2,3)18-10-13-7-8-14(20-13)11-21(19)15-6-4-5-12(17)9-15/h4-9,18H,10-11H2,1-3H3. The molecule has 0 aliphatic carbocycles. The third-order valence-corrected chi connectivity index (χ3v) is 4.17. The first-order valence-corrected chi connectivity index (χ1v) is 8.12. The van der Waals surface area contributed by atoms with E-state index in [4.69, 9.17) is 4.42 Å². The van der Waals surface area contributed by atoms with Gasteiger partial charge < -0.3 is 9.73 Å². The second-order valence-electron chi connectivity index (χ2n) is 5.92. The van der Waals surface area contributed by atoms with Gasteiger partial charge in [0.05, 0.1) is 23.1 Å². The van der Waals surface area contributed by atoms with E-state index in [1.807, 2.05) is 12.1 Å². The van der Waals surface area contributed by atoms with E-state index >= 15 is 0 Å². The van der Waals surface area contributed by atoms with Gasteiger partial charge in [-0.05, 0) is 51.1 Å². The van der Waals surface area contributed by atoms with Gasteiger partial charge in [0.2, 0.25) is 0 Å². The zero-order valence-corrected chi connectivity index (χ0v) is 13.3. The van der Waals surface area contributed by atoms with Crippen molar-refractivity contribution in [2.75, 3.05) is 0 Å². The maximum absolute atomic E-state index is 13.1. The number of hydrogen-bond acceptors (Lipinski definition) is 3. The molecular weight excluding hydrogens is 289 g/mol. The molecule has 0 bridgehead atoms. The van der Waals surface area contributed by atoms with Crippen LogP contribution in [0.3, 0.4) is 0 Å². The van der Waals surface area contributed by atoms with Crippen LogP contribution in [0, 0.1) is 5.82 Å². The van der Waals surface area contributed by atoms with Crippen molar-refractivity contribution >= 4 is 10.8 Å². The van der Waals surface area contributed by atoms with Crippen molar-refractivity contribution in [3.63, 3.8) is 0 Å². The first kappa shape index (κ1) is 15.9. The summed E-state index contributed by atoms with van der Waals surface area (Å²) in [5, 5.41) is 3.32. The third-order valence-electron chi connectivity index (χ3n) is 2.84. The van der Waals surface area contributed by atoms with Crippen LogP contribution in [-0.4, -0.2) is 9.75 Å². The topological polar surface area (TPSA) is 42.2 Å². The minimum Gasteiger partial charge on any atom is -0.464 e. The molecule has 1 heterocycles. The van der Waals surface area contributed by atoms with E-state index in [1.54, 1.807) is 12.1 Å². The molecule has 1 N–H and O–H groups in total. The minimum atomic E-state index is -1.31. The molecule has 5 heteroatoms. The Morgan fingerprint density at radius 3 is 2.57 bits per heavy atom. The largest absolute Gasteiger partial charge is 0.464 e. The zero-order valence-electron chi connectivity index (χ0n) is 12.5. The molecule has 2 rings (SSSR count). The number of hydrogen-bond donors (Lipinski definition) is 1. The van der Waals surface area contributed by atoms with E-state index < -0.39 is 10.8 Å². The quantitative estimate of drug-likeness (QED) is 0.917. The van der Waals surface area contributed by atoms with Gasteiger partial charge in [0.15, 0.2) is 0 Å². The summed E-state index contributed by atoms with van der Waals surface area (Å²) in [7, 11) is -1.31. The Kier molecular flexibility index (Phi) is 4.96. The van der Waals surface area contributed by atoms with Crippen molar-refractivity contribution in [3.05, 3.63) is 53.7 Å². The molecule has 3 nitrogen and oxygen atoms in total. The molecular formula is C16H20FNO2S. The lowest BCUT2D eigenvalue weighted by Gasteiger charge is -2.19. The molecule has 0 radical (unpaired) electrons. The van der Waals surface area contributed by atoms with Crippen LogP contribution in [0.5, 0.6) is 0 Å². The molecule has 0 aliphatic heterocycles. The molecule has 0 saturated carbocycles. The highest BCUT2D eigenvalue weighted by Crippen LogP contribution is 2.16. The highest BCUT2D eigenvalue weighted by Gasteiger charge is 2.12. The van der Waals surface area contributed by atoms with Crippen LogP contribution < -0.4 is 5.32 Å². The van der Waals surface area contributed by atoms with Gasteiger partial charge in [-0.25, -0.2) is 4.39 Å². The fraction of sp³-hybridized carbons (Fsp3) is 0.375. The average Bonchev–Trinajstić information content (AvgIpc) is 2.83. The molecule has 1 aromatic carbocycles. The highest BCUT2D eigenvalue weighted by atomic mass is 32.2. The lowest BCUT2D eigenvalue weighted by Crippen LogP contribution is -2.34. The van der Waals surface area contributed by atoms with Crippen molar-refractivity contribution < 1.29 is 13.0 Å². The first-order valence-electron chi connectivity index (χ1n) is 6.80. The van der Waals surface area contributed by atoms with Crippen LogP contribution in [0.4, 0.5) is 4.39 Å². The molecule has 0 fully saturated rings. The van der Waals surface area contributed by atoms with Gasteiger partial charge >= 0.3 is 0 Å². The van der Waals surface area contributed by atoms with Gasteiger partial charge in [-0.1, -0.05) is 6.07 Å². The summed E-state index contributed by atoms with van der Waals surface area (Å²) >= 11 is 0. The van der Waals surface area contributed by atoms with Crippen LogP contribution in [-0.2, 0) is 23.1 Å². The van der Waals surface area contributed by atoms with E-state index in [0.717, 1.165) is 5.76 Å². The summed E-state index contributed by atoms with van der Waals surface area (Å²) in [6, 6.07) is 9.53. The summed E-state index contributed by atoms with van der Waals surface area (Å²) in [6.07, 6.45) is 0. The van der Waals surface area contributed by atoms with Gasteiger partial charge in [0, 0.05) is 10.4 Å². The Morgan fingerprint density at radius 2 is 1.90 bits per heavy atom. The number of benzene rings is 1. The Morgan fingerprint density at radius 1 is 1.19 bits per heavy atom. The molecule has 0 spiro atoms. The summed E-state index contributed by atoms with van der Waals surface area (Å²) in [6.45, 7) is 6.86. The maximum Gasteiger partial charge on any atom is 0.124 e. The lowest BCUT2D eigenvalue weighted by atomic mass is 10.1. The molecule has 0 aliphatic rings. The number of nitrogens with one attached hydrogen (secondary N) is 1. The second kappa shape index (κ2) is 6.54. The fourth-order valence-corrected chi connectivity index (χ4v) is 2.82. The van der Waals surface area contributed by atoms with Gasteiger partial charge in [-0.3, -0.25) is 4.21 Å². The average molecular weight is 309 g/mol. The van der Waals surface area contributed by atoms with Gasteiger partial charge in [-0.2, -0.15) is 0 Å². The molecule has 2 aromatic rings. The highest BCUT2D eigenvalue weighted by molar-refractivity contribution is 7.84. The van der Waals surface area contributed by atoms with Gasteiger partial charge in [-0.15, -0.1) is 0 Å². The van der Waals surface area contributed by atoms with Crippen LogP contribution >= 0.6 is 0 Å². The van der Waals surface area contributed by atoms with Crippen LogP contribution in [0.1, 0.15) is 32.3 Å². The molecule has 0 saturated heterocycles. The summed E-state index contributed by atoms with van der Waals surface area (Å²) in [5.74, 6) is 1.31. The molecule has 0 amide bonds. The van der Waals surface area contributed by atoms with Crippen LogP contribution in [0.2, 0.25) is 0 Å². The van der Waals surface area contributed by atoms with E-state index in [0.29, 0.717) is 17.2 Å². The predicted molar refractivity (Wildman–Crippen MR) is 81.8 cm³/mol. The normalized spacial score (nSPS) is 13.3. The van der Waals surface area contributed by atoms with Crippen molar-refractivity contribution in [2.45, 2.75) is 43.5 Å². The Hall–Kier alpha value is -1.46. The molecule has 1 aromatic heterocycles. The fourth-order valence-electron chi connectivity index (χ4n) is 1.77. The predicted octanol–water partition coefficient (Wildman–Crippen LogP) is 3.61. The van der Waals surface area contributed by atoms with E-state index in [1.165, 1.54) is 12.1 Å². The number of halogens is 1. The van der Waals surface area contributed by atoms with E-state index in [-0.39, 0.29) is 17.1 Å². The molecule has 21 heavy (non-hydrogen) atoms. The number of rotatable bonds is 5. The van der Waals surface area contributed by atoms with Crippen molar-refractivity contribution in [1.82, 2.24) is 5.32 Å². The second-order valence-corrected chi connectivity index (χ2v) is 7.37. The van der Waals surface area contributed by atoms with Crippen LogP contribution in [0.25, 0.3) is 0 Å². The van der Waals surface area contributed by atoms with Gasteiger partial charge in [0.25, 0.3) is 0 Å². The van der Waals surface area contributed by atoms with Crippen molar-refractivity contribution in [2.24, 2.45) is 0 Å². The Bertz CT molecular complexity index is 631.